The van der Waals surface area contributed by atoms with E-state index in [1.54, 1.807) is 0 Å². The second kappa shape index (κ2) is 9.16. The van der Waals surface area contributed by atoms with E-state index in [9.17, 15) is 17.6 Å². The monoisotopic (exact) mass is 407 g/mol. The molecule has 0 fully saturated rings. The van der Waals surface area contributed by atoms with Crippen LogP contribution in [0.2, 0.25) is 0 Å². The van der Waals surface area contributed by atoms with E-state index in [2.05, 4.69) is 5.32 Å². The predicted molar refractivity (Wildman–Crippen MR) is 109 cm³/mol. The van der Waals surface area contributed by atoms with Crippen LogP contribution in [-0.4, -0.2) is 39.3 Å². The van der Waals surface area contributed by atoms with Crippen molar-refractivity contribution < 1.29 is 17.6 Å². The minimum absolute atomic E-state index is 0.172. The van der Waals surface area contributed by atoms with Gasteiger partial charge in [-0.15, -0.1) is 0 Å². The average Bonchev–Trinajstić information content (AvgIpc) is 2.65. The van der Waals surface area contributed by atoms with Crippen molar-refractivity contribution in [3.8, 4) is 0 Å². The Labute approximate surface area is 166 Å². The van der Waals surface area contributed by atoms with Gasteiger partial charge in [0.25, 0.3) is 0 Å². The van der Waals surface area contributed by atoms with Gasteiger partial charge >= 0.3 is 10.2 Å². The maximum atomic E-state index is 14.3. The quantitative estimate of drug-likeness (QED) is 0.731. The largest absolute Gasteiger partial charge is 0.348 e. The number of anilines is 1. The van der Waals surface area contributed by atoms with Gasteiger partial charge in [0, 0.05) is 14.1 Å². The van der Waals surface area contributed by atoms with Crippen LogP contribution in [-0.2, 0) is 15.0 Å². The first kappa shape index (κ1) is 21.8. The summed E-state index contributed by atoms with van der Waals surface area (Å²) >= 11 is 0. The van der Waals surface area contributed by atoms with Gasteiger partial charge in [0.05, 0.1) is 11.7 Å². The van der Waals surface area contributed by atoms with E-state index in [-0.39, 0.29) is 11.7 Å². The van der Waals surface area contributed by atoms with Gasteiger partial charge in [-0.1, -0.05) is 48.9 Å². The van der Waals surface area contributed by atoms with Crippen molar-refractivity contribution in [1.29, 1.82) is 0 Å². The maximum Gasteiger partial charge on any atom is 0.304 e. The fourth-order valence-corrected chi connectivity index (χ4v) is 3.80. The Kier molecular flexibility index (Phi) is 7.15. The summed E-state index contributed by atoms with van der Waals surface area (Å²) in [6.45, 7) is 3.38. The Bertz CT molecular complexity index is 915. The van der Waals surface area contributed by atoms with Crippen LogP contribution >= 0.6 is 0 Å². The number of nitrogens with one attached hydrogen (secondary N) is 1. The van der Waals surface area contributed by atoms with Crippen molar-refractivity contribution in [2.24, 2.45) is 0 Å². The number of carbonyl (C=O) groups is 1. The Morgan fingerprint density at radius 1 is 1.11 bits per heavy atom. The van der Waals surface area contributed by atoms with E-state index in [0.29, 0.717) is 6.42 Å². The van der Waals surface area contributed by atoms with Gasteiger partial charge < -0.3 is 5.32 Å². The Morgan fingerprint density at radius 2 is 1.71 bits per heavy atom. The summed E-state index contributed by atoms with van der Waals surface area (Å²) in [6.07, 6.45) is 0.634. The molecule has 8 heteroatoms. The second-order valence-electron chi connectivity index (χ2n) is 6.69. The number of aryl methyl sites for hydroxylation is 1. The van der Waals surface area contributed by atoms with Crippen LogP contribution in [0.4, 0.5) is 10.1 Å². The van der Waals surface area contributed by atoms with Gasteiger partial charge in [0.1, 0.15) is 12.4 Å². The molecule has 0 heterocycles. The van der Waals surface area contributed by atoms with Crippen molar-refractivity contribution >= 4 is 21.8 Å². The molecule has 2 aromatic carbocycles. The van der Waals surface area contributed by atoms with Crippen LogP contribution < -0.4 is 9.62 Å². The molecule has 0 radical (unpaired) electrons. The minimum atomic E-state index is -4.06. The summed E-state index contributed by atoms with van der Waals surface area (Å²) in [5.41, 5.74) is 1.86. The van der Waals surface area contributed by atoms with Gasteiger partial charge in [0.2, 0.25) is 5.91 Å². The van der Waals surface area contributed by atoms with Crippen LogP contribution in [0.3, 0.4) is 0 Å². The van der Waals surface area contributed by atoms with Crippen LogP contribution in [0.1, 0.15) is 30.5 Å². The summed E-state index contributed by atoms with van der Waals surface area (Å²) in [4.78, 5) is 12.7. The van der Waals surface area contributed by atoms with Crippen molar-refractivity contribution in [1.82, 2.24) is 9.62 Å². The molecule has 0 aliphatic heterocycles. The van der Waals surface area contributed by atoms with Gasteiger partial charge in [-0.3, -0.25) is 4.79 Å². The highest BCUT2D eigenvalue weighted by molar-refractivity contribution is 7.90. The first-order valence-corrected chi connectivity index (χ1v) is 10.4. The smallest absolute Gasteiger partial charge is 0.304 e. The number of benzene rings is 2. The lowest BCUT2D eigenvalue weighted by molar-refractivity contribution is -0.120. The highest BCUT2D eigenvalue weighted by Crippen LogP contribution is 2.23. The summed E-state index contributed by atoms with van der Waals surface area (Å²) in [5, 5.41) is 2.85. The molecule has 2 rings (SSSR count). The fraction of sp³-hybridized carbons (Fsp3) is 0.350. The zero-order chi connectivity index (χ0) is 20.9. The third-order valence-electron chi connectivity index (χ3n) is 4.37. The zero-order valence-corrected chi connectivity index (χ0v) is 17.3. The number of halogens is 1. The number of hydrogen-bond donors (Lipinski definition) is 1. The third kappa shape index (κ3) is 5.08. The number of hydrogen-bond acceptors (Lipinski definition) is 3. The van der Waals surface area contributed by atoms with Crippen molar-refractivity contribution in [3.63, 3.8) is 0 Å². The van der Waals surface area contributed by atoms with Gasteiger partial charge in [0.15, 0.2) is 0 Å². The highest BCUT2D eigenvalue weighted by atomic mass is 32.2. The summed E-state index contributed by atoms with van der Waals surface area (Å²) in [6, 6.07) is 13.0. The lowest BCUT2D eigenvalue weighted by Gasteiger charge is -2.28. The van der Waals surface area contributed by atoms with E-state index in [1.807, 2.05) is 38.1 Å². The molecule has 0 bridgehead atoms. The topological polar surface area (TPSA) is 69.7 Å². The predicted octanol–water partition coefficient (Wildman–Crippen LogP) is 3.01. The van der Waals surface area contributed by atoms with Crippen molar-refractivity contribution in [2.45, 2.75) is 26.3 Å². The Balaban J connectivity index is 2.27. The molecule has 1 atom stereocenters. The molecule has 0 saturated heterocycles. The van der Waals surface area contributed by atoms with E-state index in [1.165, 1.54) is 32.3 Å². The molecule has 2 aromatic rings. The standard InChI is InChI=1S/C20H26FN3O3S/c1-5-18(16-12-10-15(2)11-13-16)22-20(25)14-24(28(26,27)23(3)4)19-9-7-6-8-17(19)21/h6-13,18H,5,14H2,1-4H3,(H,22,25)/t18-/m1/s1. The number of rotatable bonds is 8. The molecule has 0 aliphatic carbocycles. The van der Waals surface area contributed by atoms with Crippen LogP contribution in [0.25, 0.3) is 0 Å². The second-order valence-corrected chi connectivity index (χ2v) is 8.75. The number of para-hydroxylation sites is 1. The van der Waals surface area contributed by atoms with Crippen LogP contribution in [0, 0.1) is 12.7 Å². The number of amides is 1. The normalized spacial score (nSPS) is 12.6. The molecule has 0 aliphatic rings. The van der Waals surface area contributed by atoms with Crippen molar-refractivity contribution in [3.05, 3.63) is 65.5 Å². The molecule has 0 saturated carbocycles. The van der Waals surface area contributed by atoms with Crippen molar-refractivity contribution in [2.75, 3.05) is 24.9 Å². The third-order valence-corrected chi connectivity index (χ3v) is 6.18. The number of nitrogens with zero attached hydrogens (tertiary/aromatic N) is 2. The maximum absolute atomic E-state index is 14.3. The summed E-state index contributed by atoms with van der Waals surface area (Å²) in [7, 11) is -1.39. The molecule has 0 unspecified atom stereocenters. The number of carbonyl (C=O) groups excluding carboxylic acids is 1. The Morgan fingerprint density at radius 3 is 2.25 bits per heavy atom. The highest BCUT2D eigenvalue weighted by Gasteiger charge is 2.29. The minimum Gasteiger partial charge on any atom is -0.348 e. The molecular weight excluding hydrogens is 381 g/mol. The SMILES string of the molecule is CC[C@@H](NC(=O)CN(c1ccccc1F)S(=O)(=O)N(C)C)c1ccc(C)cc1. The van der Waals surface area contributed by atoms with E-state index >= 15 is 0 Å². The average molecular weight is 408 g/mol. The molecule has 28 heavy (non-hydrogen) atoms. The lowest BCUT2D eigenvalue weighted by Crippen LogP contribution is -2.46. The molecule has 1 N–H and O–H groups in total. The molecule has 152 valence electrons. The molecule has 0 spiro atoms. The first-order valence-electron chi connectivity index (χ1n) is 8.97. The molecule has 6 nitrogen and oxygen atoms in total. The summed E-state index contributed by atoms with van der Waals surface area (Å²) < 4.78 is 41.4. The van der Waals surface area contributed by atoms with E-state index < -0.39 is 28.5 Å². The van der Waals surface area contributed by atoms with Crippen LogP contribution in [0.15, 0.2) is 48.5 Å². The molecule has 0 aromatic heterocycles. The van der Waals surface area contributed by atoms with Gasteiger partial charge in [-0.05, 0) is 31.0 Å². The zero-order valence-electron chi connectivity index (χ0n) is 16.5. The Hall–Kier alpha value is -2.45. The van der Waals surface area contributed by atoms with E-state index in [4.69, 9.17) is 0 Å². The lowest BCUT2D eigenvalue weighted by atomic mass is 10.0. The molecule has 1 amide bonds. The first-order chi connectivity index (χ1) is 13.2. The van der Waals surface area contributed by atoms with Gasteiger partial charge in [-0.25, -0.2) is 8.70 Å². The summed E-state index contributed by atoms with van der Waals surface area (Å²) in [5.74, 6) is -1.23. The fourth-order valence-electron chi connectivity index (χ4n) is 2.73. The van der Waals surface area contributed by atoms with Gasteiger partial charge in [-0.2, -0.15) is 12.7 Å². The molecular formula is C20H26FN3O3S. The van der Waals surface area contributed by atoms with E-state index in [0.717, 1.165) is 25.8 Å². The van der Waals surface area contributed by atoms with Crippen LogP contribution in [0.5, 0.6) is 0 Å².